The van der Waals surface area contributed by atoms with Crippen molar-refractivity contribution in [2.75, 3.05) is 18.4 Å². The van der Waals surface area contributed by atoms with Crippen molar-refractivity contribution in [1.82, 2.24) is 15.2 Å². The Balaban J connectivity index is 1.05. The average molecular weight is 595 g/mol. The fourth-order valence-corrected chi connectivity index (χ4v) is 6.33. The van der Waals surface area contributed by atoms with E-state index in [2.05, 4.69) is 15.6 Å². The highest BCUT2D eigenvalue weighted by Crippen LogP contribution is 2.54. The van der Waals surface area contributed by atoms with Crippen molar-refractivity contribution in [1.29, 1.82) is 0 Å². The number of fused-ring (bicyclic) bond motifs is 4. The lowest BCUT2D eigenvalue weighted by Gasteiger charge is -2.30. The molecule has 2 fully saturated rings. The first kappa shape index (κ1) is 27.7. The number of hydrogen-bond acceptors (Lipinski definition) is 7. The van der Waals surface area contributed by atoms with Crippen LogP contribution in [0.1, 0.15) is 57.8 Å². The fourth-order valence-electron chi connectivity index (χ4n) is 6.33. The Morgan fingerprint density at radius 1 is 1.19 bits per heavy atom. The molecule has 0 spiro atoms. The fraction of sp³-hybridized carbons (Fsp3) is 0.387. The molecule has 0 bridgehead atoms. The second-order valence-electron chi connectivity index (χ2n) is 11.5. The molecule has 0 unspecified atom stereocenters. The van der Waals surface area contributed by atoms with Gasteiger partial charge in [0.25, 0.3) is 5.91 Å². The number of aliphatic hydroxyl groups excluding tert-OH is 1. The third-order valence-electron chi connectivity index (χ3n) is 8.51. The van der Waals surface area contributed by atoms with Crippen LogP contribution in [0.4, 0.5) is 19.0 Å². The number of halogens is 3. The number of piperidine rings is 1. The van der Waals surface area contributed by atoms with Crippen molar-refractivity contribution in [3.63, 3.8) is 0 Å². The lowest BCUT2D eigenvalue weighted by molar-refractivity contribution is -0.138. The molecule has 1 aliphatic carbocycles. The summed E-state index contributed by atoms with van der Waals surface area (Å²) in [6.45, 7) is 0.978. The van der Waals surface area contributed by atoms with Gasteiger partial charge in [-0.2, -0.15) is 13.2 Å². The molecule has 0 radical (unpaired) electrons. The first-order chi connectivity index (χ1) is 20.6. The van der Waals surface area contributed by atoms with Crippen molar-refractivity contribution in [3.05, 3.63) is 76.5 Å². The van der Waals surface area contributed by atoms with Crippen LogP contribution in [0.25, 0.3) is 0 Å². The zero-order valence-electron chi connectivity index (χ0n) is 23.0. The van der Waals surface area contributed by atoms with Gasteiger partial charge in [-0.3, -0.25) is 14.5 Å². The number of pyridine rings is 1. The summed E-state index contributed by atoms with van der Waals surface area (Å²) in [6.07, 6.45) is -1.72. The number of ether oxygens (including phenoxy) is 2. The highest BCUT2D eigenvalue weighted by Gasteiger charge is 2.59. The number of benzene rings is 2. The largest absolute Gasteiger partial charge is 0.487 e. The second-order valence-corrected chi connectivity index (χ2v) is 11.5. The number of β-amino-alcohol motifs (C(OH)–C–C–N with tert-alkyl or cyclic N) is 1. The molecule has 3 aromatic rings. The van der Waals surface area contributed by atoms with Crippen molar-refractivity contribution in [2.45, 2.75) is 62.6 Å². The van der Waals surface area contributed by atoms with E-state index in [1.165, 1.54) is 12.1 Å². The molecule has 4 heterocycles. The minimum Gasteiger partial charge on any atom is -0.487 e. The molecule has 1 saturated carbocycles. The van der Waals surface area contributed by atoms with Crippen molar-refractivity contribution in [3.8, 4) is 17.2 Å². The topological polar surface area (TPSA) is 113 Å². The predicted molar refractivity (Wildman–Crippen MR) is 148 cm³/mol. The Morgan fingerprint density at radius 3 is 2.86 bits per heavy atom. The first-order valence-electron chi connectivity index (χ1n) is 14.3. The average Bonchev–Trinajstić information content (AvgIpc) is 3.48. The van der Waals surface area contributed by atoms with E-state index in [4.69, 9.17) is 9.47 Å². The molecular weight excluding hydrogens is 565 g/mol. The minimum absolute atomic E-state index is 0.0482. The van der Waals surface area contributed by atoms with Crippen molar-refractivity contribution >= 4 is 17.6 Å². The number of alkyl halides is 3. The third kappa shape index (κ3) is 5.40. The Kier molecular flexibility index (Phi) is 6.77. The maximum absolute atomic E-state index is 14.0. The van der Waals surface area contributed by atoms with Gasteiger partial charge in [0.1, 0.15) is 29.2 Å². The van der Waals surface area contributed by atoms with E-state index in [1.54, 1.807) is 29.3 Å². The maximum Gasteiger partial charge on any atom is 0.416 e. The van der Waals surface area contributed by atoms with Crippen molar-refractivity contribution in [2.24, 2.45) is 0 Å². The quantitative estimate of drug-likeness (QED) is 0.388. The summed E-state index contributed by atoms with van der Waals surface area (Å²) in [5.74, 6) is 1.44. The van der Waals surface area contributed by atoms with Crippen LogP contribution in [0.15, 0.2) is 48.7 Å². The number of carbonyl (C=O) groups is 2. The zero-order chi connectivity index (χ0) is 29.9. The lowest BCUT2D eigenvalue weighted by atomic mass is 10.0. The Labute approximate surface area is 245 Å². The summed E-state index contributed by atoms with van der Waals surface area (Å²) >= 11 is 0. The molecular formula is C31H29F3N4O5. The minimum atomic E-state index is -4.63. The van der Waals surface area contributed by atoms with Crippen LogP contribution < -0.4 is 20.1 Å². The Hall–Kier alpha value is -4.16. The van der Waals surface area contributed by atoms with E-state index in [-0.39, 0.29) is 41.6 Å². The van der Waals surface area contributed by atoms with Gasteiger partial charge in [0.2, 0.25) is 5.91 Å². The van der Waals surface area contributed by atoms with E-state index in [0.717, 1.165) is 23.6 Å². The lowest BCUT2D eigenvalue weighted by Crippen LogP contribution is -2.38. The van der Waals surface area contributed by atoms with Crippen LogP contribution >= 0.6 is 0 Å². The third-order valence-corrected chi connectivity index (χ3v) is 8.51. The maximum atomic E-state index is 14.0. The highest BCUT2D eigenvalue weighted by atomic mass is 19.4. The number of anilines is 1. The molecule has 2 aromatic carbocycles. The molecule has 4 aliphatic rings. The molecule has 4 atom stereocenters. The number of likely N-dealkylation sites (tertiary alicyclic amines) is 1. The van der Waals surface area contributed by atoms with Crippen LogP contribution in [0.5, 0.6) is 17.2 Å². The standard InChI is InChI=1S/C31H29F3N4O5/c32-31(33,34)22-12-16(3-4-17(22)14-38-11-1-2-18(39)15-38)30(41)37-27-26-21-13-19(5-7-23(21)43-28(26)27)42-24-9-10-35-29-20(24)6-8-25(40)36-29/h3-5,7,9-10,12-13,18,26-28,39H,1-2,6,8,11,14-15H2,(H,37,41)(H,35,36,40)/t18-,26+,27-,28+/m1/s1. The molecule has 43 heavy (non-hydrogen) atoms. The van der Waals surface area contributed by atoms with E-state index in [0.29, 0.717) is 55.4 Å². The van der Waals surface area contributed by atoms with Crippen molar-refractivity contribution < 1.29 is 37.3 Å². The molecule has 3 N–H and O–H groups in total. The summed E-state index contributed by atoms with van der Waals surface area (Å²) in [7, 11) is 0. The molecule has 224 valence electrons. The first-order valence-corrected chi connectivity index (χ1v) is 14.3. The van der Waals surface area contributed by atoms with E-state index in [1.807, 2.05) is 6.07 Å². The van der Waals surface area contributed by atoms with Gasteiger partial charge in [-0.1, -0.05) is 6.07 Å². The number of aromatic nitrogens is 1. The van der Waals surface area contributed by atoms with Gasteiger partial charge in [0, 0.05) is 42.4 Å². The molecule has 1 saturated heterocycles. The monoisotopic (exact) mass is 594 g/mol. The smallest absolute Gasteiger partial charge is 0.416 e. The Morgan fingerprint density at radius 2 is 2.05 bits per heavy atom. The summed E-state index contributed by atoms with van der Waals surface area (Å²) < 4.78 is 54.1. The number of rotatable bonds is 6. The molecule has 1 aromatic heterocycles. The molecule has 7 rings (SSSR count). The van der Waals surface area contributed by atoms with Gasteiger partial charge < -0.3 is 25.2 Å². The van der Waals surface area contributed by atoms with Crippen LogP contribution in [-0.4, -0.2) is 58.1 Å². The highest BCUT2D eigenvalue weighted by molar-refractivity contribution is 5.95. The van der Waals surface area contributed by atoms with Crippen LogP contribution in [0.3, 0.4) is 0 Å². The van der Waals surface area contributed by atoms with Crippen LogP contribution in [-0.2, 0) is 23.9 Å². The number of nitrogens with zero attached hydrogens (tertiary/aromatic N) is 2. The van der Waals surface area contributed by atoms with Crippen LogP contribution in [0.2, 0.25) is 0 Å². The molecule has 3 aliphatic heterocycles. The summed E-state index contributed by atoms with van der Waals surface area (Å²) in [4.78, 5) is 30.8. The second kappa shape index (κ2) is 10.5. The molecule has 2 amide bonds. The number of hydrogen-bond donors (Lipinski definition) is 3. The number of aliphatic hydroxyl groups is 1. The summed E-state index contributed by atoms with van der Waals surface area (Å²) in [6, 6.07) is 10.4. The Bertz CT molecular complexity index is 1610. The van der Waals surface area contributed by atoms with Gasteiger partial charge in [-0.05, 0) is 67.8 Å². The predicted octanol–water partition coefficient (Wildman–Crippen LogP) is 4.39. The number of amides is 2. The van der Waals surface area contributed by atoms with E-state index in [9.17, 15) is 27.9 Å². The van der Waals surface area contributed by atoms with Gasteiger partial charge in [-0.15, -0.1) is 0 Å². The number of nitrogens with one attached hydrogen (secondary N) is 2. The van der Waals surface area contributed by atoms with Gasteiger partial charge in [0.05, 0.1) is 23.6 Å². The van der Waals surface area contributed by atoms with Crippen LogP contribution in [0, 0.1) is 0 Å². The number of carbonyl (C=O) groups excluding carboxylic acids is 2. The van der Waals surface area contributed by atoms with Gasteiger partial charge in [0.15, 0.2) is 0 Å². The normalized spacial score (nSPS) is 24.2. The zero-order valence-corrected chi connectivity index (χ0v) is 23.0. The van der Waals surface area contributed by atoms with Gasteiger partial charge in [-0.25, -0.2) is 4.98 Å². The molecule has 12 heteroatoms. The summed E-state index contributed by atoms with van der Waals surface area (Å²) in [5, 5.41) is 15.5. The van der Waals surface area contributed by atoms with E-state index >= 15 is 0 Å². The van der Waals surface area contributed by atoms with Gasteiger partial charge >= 0.3 is 6.18 Å². The SMILES string of the molecule is O=C1CCc2c(Oc3ccc4c(c3)[C@H]3[C@@H](NC(=O)c5ccc(CN6CCC[C@@H](O)C6)c(C(F)(F)F)c5)[C@H]3O4)ccnc2N1. The summed E-state index contributed by atoms with van der Waals surface area (Å²) in [5.41, 5.74) is 0.804. The molecule has 9 nitrogen and oxygen atoms in total. The van der Waals surface area contributed by atoms with E-state index < -0.39 is 23.8 Å².